The maximum atomic E-state index is 12.1. The Morgan fingerprint density at radius 1 is 1.00 bits per heavy atom. The number of hydrogen-bond acceptors (Lipinski definition) is 3. The lowest BCUT2D eigenvalue weighted by Gasteiger charge is -2.16. The van der Waals surface area contributed by atoms with Crippen LogP contribution in [-0.2, 0) is 0 Å². The number of benzene rings is 2. The van der Waals surface area contributed by atoms with Gasteiger partial charge in [-0.3, -0.25) is 0 Å². The van der Waals surface area contributed by atoms with Crippen molar-refractivity contribution in [3.05, 3.63) is 59.7 Å². The molecule has 2 aromatic rings. The first-order valence-corrected chi connectivity index (χ1v) is 8.76. The molecule has 0 heterocycles. The summed E-state index contributed by atoms with van der Waals surface area (Å²) in [5.41, 5.74) is 1.88. The highest BCUT2D eigenvalue weighted by Gasteiger charge is 2.28. The highest BCUT2D eigenvalue weighted by molar-refractivity contribution is 5.74. The first-order chi connectivity index (χ1) is 13.2. The van der Waals surface area contributed by atoms with Crippen LogP contribution in [0.4, 0.5) is 18.0 Å². The Balaban J connectivity index is 1.70. The molecule has 8 heteroatoms. The number of carbonyl (C=O) groups is 1. The summed E-state index contributed by atoms with van der Waals surface area (Å²) in [6.45, 7) is 3.08. The van der Waals surface area contributed by atoms with Gasteiger partial charge in [0.25, 0.3) is 0 Å². The SMILES string of the molecule is Cc1ccc(OCCNC(=O)NC(C)c2ccc(OCC(F)(F)F)cc2)cc1. The van der Waals surface area contributed by atoms with Crippen molar-refractivity contribution < 1.29 is 27.4 Å². The minimum atomic E-state index is -4.38. The Bertz CT molecular complexity index is 747. The van der Waals surface area contributed by atoms with E-state index in [1.807, 2.05) is 31.2 Å². The molecular weight excluding hydrogens is 373 g/mol. The second-order valence-electron chi connectivity index (χ2n) is 6.26. The van der Waals surface area contributed by atoms with Gasteiger partial charge in [-0.15, -0.1) is 0 Å². The van der Waals surface area contributed by atoms with Crippen molar-refractivity contribution in [2.45, 2.75) is 26.1 Å². The molecule has 0 bridgehead atoms. The van der Waals surface area contributed by atoms with Crippen LogP contribution < -0.4 is 20.1 Å². The number of rotatable bonds is 8. The molecule has 0 fully saturated rings. The van der Waals surface area contributed by atoms with Gasteiger partial charge in [-0.1, -0.05) is 29.8 Å². The largest absolute Gasteiger partial charge is 0.492 e. The third-order valence-corrected chi connectivity index (χ3v) is 3.81. The van der Waals surface area contributed by atoms with Gasteiger partial charge in [0.05, 0.1) is 12.6 Å². The van der Waals surface area contributed by atoms with Gasteiger partial charge in [0, 0.05) is 0 Å². The van der Waals surface area contributed by atoms with Crippen molar-refractivity contribution in [1.82, 2.24) is 10.6 Å². The van der Waals surface area contributed by atoms with Crippen LogP contribution in [0.3, 0.4) is 0 Å². The van der Waals surface area contributed by atoms with Crippen molar-refractivity contribution in [1.29, 1.82) is 0 Å². The predicted octanol–water partition coefficient (Wildman–Crippen LogP) is 4.38. The van der Waals surface area contributed by atoms with Gasteiger partial charge in [-0.25, -0.2) is 4.79 Å². The van der Waals surface area contributed by atoms with Gasteiger partial charge >= 0.3 is 12.2 Å². The maximum Gasteiger partial charge on any atom is 0.422 e. The van der Waals surface area contributed by atoms with Gasteiger partial charge in [-0.2, -0.15) is 13.2 Å². The van der Waals surface area contributed by atoms with Crippen molar-refractivity contribution in [3.63, 3.8) is 0 Å². The summed E-state index contributed by atoms with van der Waals surface area (Å²) in [5, 5.41) is 5.44. The van der Waals surface area contributed by atoms with E-state index in [1.54, 1.807) is 19.1 Å². The summed E-state index contributed by atoms with van der Waals surface area (Å²) in [5.74, 6) is 0.847. The van der Waals surface area contributed by atoms with Gasteiger partial charge in [0.2, 0.25) is 0 Å². The van der Waals surface area contributed by atoms with Crippen molar-refractivity contribution >= 4 is 6.03 Å². The van der Waals surface area contributed by atoms with Crippen LogP contribution in [0, 0.1) is 6.92 Å². The number of nitrogens with one attached hydrogen (secondary N) is 2. The van der Waals surface area contributed by atoms with Crippen molar-refractivity contribution in [3.8, 4) is 11.5 Å². The molecule has 2 N–H and O–H groups in total. The van der Waals surface area contributed by atoms with E-state index in [2.05, 4.69) is 15.4 Å². The molecular formula is C20H23F3N2O3. The Morgan fingerprint density at radius 3 is 2.18 bits per heavy atom. The van der Waals surface area contributed by atoms with Gasteiger partial charge in [-0.05, 0) is 43.7 Å². The lowest BCUT2D eigenvalue weighted by atomic mass is 10.1. The van der Waals surface area contributed by atoms with Gasteiger partial charge in [0.1, 0.15) is 18.1 Å². The van der Waals surface area contributed by atoms with E-state index in [-0.39, 0.29) is 17.8 Å². The summed E-state index contributed by atoms with van der Waals surface area (Å²) in [6, 6.07) is 13.0. The fourth-order valence-corrected chi connectivity index (χ4v) is 2.32. The smallest absolute Gasteiger partial charge is 0.422 e. The average molecular weight is 396 g/mol. The molecule has 2 amide bonds. The lowest BCUT2D eigenvalue weighted by molar-refractivity contribution is -0.153. The topological polar surface area (TPSA) is 59.6 Å². The van der Waals surface area contributed by atoms with Crippen LogP contribution in [0.25, 0.3) is 0 Å². The molecule has 152 valence electrons. The first kappa shape index (κ1) is 21.4. The van der Waals surface area contributed by atoms with E-state index in [0.717, 1.165) is 16.9 Å². The van der Waals surface area contributed by atoms with Crippen molar-refractivity contribution in [2.24, 2.45) is 0 Å². The predicted molar refractivity (Wildman–Crippen MR) is 99.6 cm³/mol. The van der Waals surface area contributed by atoms with Gasteiger partial charge < -0.3 is 20.1 Å². The molecule has 0 aliphatic carbocycles. The van der Waals surface area contributed by atoms with E-state index in [1.165, 1.54) is 12.1 Å². The standard InChI is InChI=1S/C20H23F3N2O3/c1-14-3-7-17(8-4-14)27-12-11-24-19(26)25-15(2)16-5-9-18(10-6-16)28-13-20(21,22)23/h3-10,15H,11-13H2,1-2H3,(H2,24,25,26). The molecule has 28 heavy (non-hydrogen) atoms. The quantitative estimate of drug-likeness (QED) is 0.652. The lowest BCUT2D eigenvalue weighted by Crippen LogP contribution is -2.38. The highest BCUT2D eigenvalue weighted by atomic mass is 19.4. The summed E-state index contributed by atoms with van der Waals surface area (Å²) >= 11 is 0. The van der Waals surface area contributed by atoms with Crippen molar-refractivity contribution in [2.75, 3.05) is 19.8 Å². The number of carbonyl (C=O) groups excluding carboxylic acids is 1. The number of amides is 2. The van der Waals surface area contributed by atoms with Gasteiger partial charge in [0.15, 0.2) is 6.61 Å². The molecule has 0 radical (unpaired) electrons. The number of alkyl halides is 3. The summed E-state index contributed by atoms with van der Waals surface area (Å²) in [4.78, 5) is 11.9. The number of ether oxygens (including phenoxy) is 2. The number of halogens is 3. The maximum absolute atomic E-state index is 12.1. The Hall–Kier alpha value is -2.90. The monoisotopic (exact) mass is 396 g/mol. The fraction of sp³-hybridized carbons (Fsp3) is 0.350. The first-order valence-electron chi connectivity index (χ1n) is 8.76. The molecule has 2 rings (SSSR count). The van der Waals surface area contributed by atoms with Crippen LogP contribution >= 0.6 is 0 Å². The van der Waals surface area contributed by atoms with Crippen LogP contribution in [0.1, 0.15) is 24.1 Å². The summed E-state index contributed by atoms with van der Waals surface area (Å²) < 4.78 is 46.6. The molecule has 2 aromatic carbocycles. The zero-order valence-corrected chi connectivity index (χ0v) is 15.7. The molecule has 0 saturated carbocycles. The van der Waals surface area contributed by atoms with Crippen LogP contribution in [-0.4, -0.2) is 32.0 Å². The molecule has 5 nitrogen and oxygen atoms in total. The highest BCUT2D eigenvalue weighted by Crippen LogP contribution is 2.21. The molecule has 1 atom stereocenters. The van der Waals surface area contributed by atoms with Crippen LogP contribution in [0.15, 0.2) is 48.5 Å². The number of hydrogen-bond donors (Lipinski definition) is 2. The summed E-state index contributed by atoms with van der Waals surface area (Å²) in [6.07, 6.45) is -4.38. The molecule has 0 aliphatic rings. The molecule has 0 spiro atoms. The second-order valence-corrected chi connectivity index (χ2v) is 6.26. The minimum Gasteiger partial charge on any atom is -0.492 e. The zero-order chi connectivity index (χ0) is 20.6. The zero-order valence-electron chi connectivity index (χ0n) is 15.7. The molecule has 0 aromatic heterocycles. The third-order valence-electron chi connectivity index (χ3n) is 3.81. The third kappa shape index (κ3) is 7.77. The Labute approximate surface area is 161 Å². The number of urea groups is 1. The molecule has 1 unspecified atom stereocenters. The Kier molecular flexibility index (Phi) is 7.54. The van der Waals surface area contributed by atoms with E-state index in [0.29, 0.717) is 13.2 Å². The molecule has 0 aliphatic heterocycles. The van der Waals surface area contributed by atoms with E-state index < -0.39 is 12.8 Å². The average Bonchev–Trinajstić information content (AvgIpc) is 2.65. The van der Waals surface area contributed by atoms with E-state index >= 15 is 0 Å². The normalized spacial score (nSPS) is 12.2. The second kappa shape index (κ2) is 9.87. The van der Waals surface area contributed by atoms with E-state index in [9.17, 15) is 18.0 Å². The molecule has 0 saturated heterocycles. The summed E-state index contributed by atoms with van der Waals surface area (Å²) in [7, 11) is 0. The fourth-order valence-electron chi connectivity index (χ4n) is 2.32. The minimum absolute atomic E-state index is 0.117. The van der Waals surface area contributed by atoms with Crippen LogP contribution in [0.2, 0.25) is 0 Å². The Morgan fingerprint density at radius 2 is 1.57 bits per heavy atom. The number of aryl methyl sites for hydroxylation is 1. The van der Waals surface area contributed by atoms with Crippen LogP contribution in [0.5, 0.6) is 11.5 Å². The van der Waals surface area contributed by atoms with E-state index in [4.69, 9.17) is 4.74 Å².